The smallest absolute Gasteiger partial charge is 0.250 e. The third kappa shape index (κ3) is 4.32. The number of nitrogens with one attached hydrogen (secondary N) is 1. The summed E-state index contributed by atoms with van der Waals surface area (Å²) in [5, 5.41) is 15.9. The van der Waals surface area contributed by atoms with Gasteiger partial charge in [-0.15, -0.1) is 5.10 Å². The molecule has 7 nitrogen and oxygen atoms in total. The number of hydrazone groups is 1. The first kappa shape index (κ1) is 14.5. The van der Waals surface area contributed by atoms with Gasteiger partial charge >= 0.3 is 0 Å². The van der Waals surface area contributed by atoms with E-state index in [-0.39, 0.29) is 11.7 Å². The molecule has 0 spiro atoms. The van der Waals surface area contributed by atoms with Crippen molar-refractivity contribution in [2.24, 2.45) is 12.1 Å². The summed E-state index contributed by atoms with van der Waals surface area (Å²) in [6.45, 7) is 0. The van der Waals surface area contributed by atoms with E-state index in [1.54, 1.807) is 19.2 Å². The lowest BCUT2D eigenvalue weighted by Crippen LogP contribution is -2.19. The predicted molar refractivity (Wildman–Crippen MR) is 76.7 cm³/mol. The summed E-state index contributed by atoms with van der Waals surface area (Å²) in [5.41, 5.74) is 3.23. The number of amides is 1. The number of benzene rings is 1. The Morgan fingerprint density at radius 1 is 1.60 bits per heavy atom. The van der Waals surface area contributed by atoms with Crippen molar-refractivity contribution in [3.63, 3.8) is 0 Å². The molecule has 0 saturated carbocycles. The van der Waals surface area contributed by atoms with Gasteiger partial charge in [-0.1, -0.05) is 35.5 Å². The Morgan fingerprint density at radius 2 is 2.45 bits per heavy atom. The highest BCUT2D eigenvalue weighted by molar-refractivity contribution is 7.99. The number of carbonyl (C=O) groups excluding carboxylic acids is 1. The quantitative estimate of drug-likeness (QED) is 0.508. The molecular weight excluding hydrogens is 300 g/mol. The van der Waals surface area contributed by atoms with Gasteiger partial charge < -0.3 is 0 Å². The maximum atomic E-state index is 11.6. The van der Waals surface area contributed by atoms with Crippen LogP contribution in [-0.4, -0.2) is 38.1 Å². The number of halogens is 1. The second kappa shape index (κ2) is 7.01. The van der Waals surface area contributed by atoms with Crippen LogP contribution in [0, 0.1) is 0 Å². The molecule has 1 aromatic carbocycles. The van der Waals surface area contributed by atoms with Crippen molar-refractivity contribution < 1.29 is 4.79 Å². The van der Waals surface area contributed by atoms with Crippen molar-refractivity contribution in [3.05, 3.63) is 34.9 Å². The highest BCUT2D eigenvalue weighted by Gasteiger charge is 2.06. The molecule has 0 radical (unpaired) electrons. The Kier molecular flexibility index (Phi) is 5.08. The first-order valence-corrected chi connectivity index (χ1v) is 6.94. The Balaban J connectivity index is 1.79. The lowest BCUT2D eigenvalue weighted by Gasteiger charge is -1.99. The Labute approximate surface area is 124 Å². The molecule has 0 saturated heterocycles. The normalized spacial score (nSPS) is 10.9. The van der Waals surface area contributed by atoms with Gasteiger partial charge in [-0.25, -0.2) is 10.1 Å². The van der Waals surface area contributed by atoms with E-state index in [0.29, 0.717) is 10.2 Å². The second-order valence-electron chi connectivity index (χ2n) is 3.72. The van der Waals surface area contributed by atoms with Crippen LogP contribution in [0.3, 0.4) is 0 Å². The third-order valence-corrected chi connectivity index (χ3v) is 3.41. The molecule has 1 amide bonds. The van der Waals surface area contributed by atoms with Crippen LogP contribution in [-0.2, 0) is 11.8 Å². The lowest BCUT2D eigenvalue weighted by atomic mass is 10.2. The summed E-state index contributed by atoms with van der Waals surface area (Å²) in [7, 11) is 1.71. The molecule has 2 aromatic rings. The van der Waals surface area contributed by atoms with Crippen LogP contribution in [0.1, 0.15) is 5.56 Å². The van der Waals surface area contributed by atoms with Crippen LogP contribution >= 0.6 is 23.4 Å². The van der Waals surface area contributed by atoms with Gasteiger partial charge in [0.1, 0.15) is 0 Å². The van der Waals surface area contributed by atoms with Crippen molar-refractivity contribution in [2.75, 3.05) is 5.75 Å². The first-order chi connectivity index (χ1) is 9.65. The van der Waals surface area contributed by atoms with Crippen LogP contribution in [0.5, 0.6) is 0 Å². The van der Waals surface area contributed by atoms with Crippen molar-refractivity contribution in [3.8, 4) is 0 Å². The molecule has 0 atom stereocenters. The van der Waals surface area contributed by atoms with E-state index in [1.807, 2.05) is 12.1 Å². The zero-order valence-electron chi connectivity index (χ0n) is 10.5. The Hall–Kier alpha value is -1.93. The van der Waals surface area contributed by atoms with Crippen LogP contribution in [0.15, 0.2) is 34.5 Å². The largest absolute Gasteiger partial charge is 0.272 e. The standard InChI is InChI=1S/C11H11ClN6OS/c1-18-11(15-16-17-18)20-7-10(19)14-13-6-8-3-2-4-9(12)5-8/h2-6H,7H2,1H3,(H,14,19)/b13-6+. The fraction of sp³-hybridized carbons (Fsp3) is 0.182. The van der Waals surface area contributed by atoms with Gasteiger partial charge in [-0.05, 0) is 28.1 Å². The SMILES string of the molecule is Cn1nnnc1SCC(=O)N/N=C/c1cccc(Cl)c1. The molecule has 1 heterocycles. The number of rotatable bonds is 5. The number of tetrazole rings is 1. The molecule has 0 unspecified atom stereocenters. The van der Waals surface area contributed by atoms with E-state index in [9.17, 15) is 4.79 Å². The van der Waals surface area contributed by atoms with Crippen LogP contribution < -0.4 is 5.43 Å². The van der Waals surface area contributed by atoms with Gasteiger partial charge in [0, 0.05) is 12.1 Å². The van der Waals surface area contributed by atoms with Crippen LogP contribution in [0.2, 0.25) is 5.02 Å². The monoisotopic (exact) mass is 310 g/mol. The summed E-state index contributed by atoms with van der Waals surface area (Å²) in [5.74, 6) is -0.0579. The fourth-order valence-electron chi connectivity index (χ4n) is 1.27. The number of nitrogens with zero attached hydrogens (tertiary/aromatic N) is 5. The van der Waals surface area contributed by atoms with Crippen LogP contribution in [0.25, 0.3) is 0 Å². The molecule has 2 rings (SSSR count). The van der Waals surface area contributed by atoms with Gasteiger partial charge in [-0.2, -0.15) is 5.10 Å². The van der Waals surface area contributed by atoms with E-state index in [0.717, 1.165) is 5.56 Å². The molecule has 0 aliphatic carbocycles. The molecular formula is C11H11ClN6OS. The molecule has 0 fully saturated rings. The number of hydrogen-bond acceptors (Lipinski definition) is 6. The van der Waals surface area contributed by atoms with Crippen LogP contribution in [0.4, 0.5) is 0 Å². The highest BCUT2D eigenvalue weighted by Crippen LogP contribution is 2.11. The molecule has 1 aromatic heterocycles. The molecule has 0 aliphatic rings. The van der Waals surface area contributed by atoms with Gasteiger partial charge in [0.2, 0.25) is 5.16 Å². The number of carbonyl (C=O) groups is 1. The maximum absolute atomic E-state index is 11.6. The topological polar surface area (TPSA) is 85.1 Å². The lowest BCUT2D eigenvalue weighted by molar-refractivity contribution is -0.118. The Bertz CT molecular complexity index is 629. The minimum absolute atomic E-state index is 0.182. The molecule has 0 aliphatic heterocycles. The van der Waals surface area contributed by atoms with Crippen molar-refractivity contribution in [2.45, 2.75) is 5.16 Å². The number of thioether (sulfide) groups is 1. The summed E-state index contributed by atoms with van der Waals surface area (Å²) in [4.78, 5) is 11.6. The van der Waals surface area contributed by atoms with E-state index in [1.165, 1.54) is 22.7 Å². The highest BCUT2D eigenvalue weighted by atomic mass is 35.5. The molecule has 0 bridgehead atoms. The fourth-order valence-corrected chi connectivity index (χ4v) is 2.11. The molecule has 1 N–H and O–H groups in total. The summed E-state index contributed by atoms with van der Waals surface area (Å²) < 4.78 is 1.49. The summed E-state index contributed by atoms with van der Waals surface area (Å²) in [6.07, 6.45) is 1.53. The van der Waals surface area contributed by atoms with Gasteiger partial charge in [-0.3, -0.25) is 4.79 Å². The summed E-state index contributed by atoms with van der Waals surface area (Å²) in [6, 6.07) is 7.16. The van der Waals surface area contributed by atoms with Crippen molar-refractivity contribution >= 4 is 35.5 Å². The van der Waals surface area contributed by atoms with Crippen molar-refractivity contribution in [1.82, 2.24) is 25.6 Å². The maximum Gasteiger partial charge on any atom is 0.250 e. The summed E-state index contributed by atoms with van der Waals surface area (Å²) >= 11 is 7.06. The van der Waals surface area contributed by atoms with E-state index >= 15 is 0 Å². The van der Waals surface area contributed by atoms with E-state index in [2.05, 4.69) is 26.1 Å². The average Bonchev–Trinajstić information content (AvgIpc) is 2.82. The number of aromatic nitrogens is 4. The second-order valence-corrected chi connectivity index (χ2v) is 5.10. The average molecular weight is 311 g/mol. The molecule has 20 heavy (non-hydrogen) atoms. The van der Waals surface area contributed by atoms with Gasteiger partial charge in [0.15, 0.2) is 0 Å². The Morgan fingerprint density at radius 3 is 3.15 bits per heavy atom. The third-order valence-electron chi connectivity index (χ3n) is 2.17. The van der Waals surface area contributed by atoms with E-state index in [4.69, 9.17) is 11.6 Å². The number of hydrogen-bond donors (Lipinski definition) is 1. The van der Waals surface area contributed by atoms with Crippen molar-refractivity contribution in [1.29, 1.82) is 0 Å². The minimum Gasteiger partial charge on any atom is -0.272 e. The molecule has 104 valence electrons. The van der Waals surface area contributed by atoms with E-state index < -0.39 is 0 Å². The minimum atomic E-state index is -0.240. The van der Waals surface area contributed by atoms with Gasteiger partial charge in [0.25, 0.3) is 5.91 Å². The first-order valence-electron chi connectivity index (χ1n) is 5.58. The molecule has 9 heteroatoms. The number of aryl methyl sites for hydroxylation is 1. The zero-order chi connectivity index (χ0) is 14.4. The zero-order valence-corrected chi connectivity index (χ0v) is 12.1. The predicted octanol–water partition coefficient (Wildman–Crippen LogP) is 1.11. The van der Waals surface area contributed by atoms with Gasteiger partial charge in [0.05, 0.1) is 12.0 Å².